The molecular formula is C19H23N5O. The molecule has 0 spiro atoms. The molecule has 3 aromatic rings. The van der Waals surface area contributed by atoms with Gasteiger partial charge in [0.2, 0.25) is 0 Å². The number of amides is 1. The fraction of sp³-hybridized carbons (Fsp3) is 0.421. The third kappa shape index (κ3) is 2.92. The number of likely N-dealkylation sites (tertiary alicyclic amines) is 1. The third-order valence-electron chi connectivity index (χ3n) is 4.96. The fourth-order valence-corrected chi connectivity index (χ4v) is 3.69. The van der Waals surface area contributed by atoms with Crippen LogP contribution in [0.15, 0.2) is 30.6 Å². The van der Waals surface area contributed by atoms with Crippen LogP contribution in [0.4, 0.5) is 0 Å². The van der Waals surface area contributed by atoms with Crippen molar-refractivity contribution in [1.82, 2.24) is 24.1 Å². The molecule has 0 bridgehead atoms. The van der Waals surface area contributed by atoms with Crippen LogP contribution in [0.2, 0.25) is 0 Å². The lowest BCUT2D eigenvalue weighted by Crippen LogP contribution is -2.38. The molecule has 1 aliphatic heterocycles. The summed E-state index contributed by atoms with van der Waals surface area (Å²) in [5, 5.41) is 4.54. The van der Waals surface area contributed by atoms with Gasteiger partial charge in [-0.05, 0) is 57.4 Å². The first-order valence-electron chi connectivity index (χ1n) is 8.78. The molecule has 1 atom stereocenters. The number of aryl methyl sites for hydroxylation is 3. The Labute approximate surface area is 147 Å². The van der Waals surface area contributed by atoms with Crippen LogP contribution in [0.25, 0.3) is 5.65 Å². The molecular weight excluding hydrogens is 314 g/mol. The Bertz CT molecular complexity index is 939. The van der Waals surface area contributed by atoms with E-state index in [1.54, 1.807) is 0 Å². The molecule has 4 rings (SSSR count). The minimum absolute atomic E-state index is 0.0189. The number of rotatable bonds is 3. The molecule has 0 aliphatic carbocycles. The molecule has 25 heavy (non-hydrogen) atoms. The number of hydrogen-bond donors (Lipinski definition) is 0. The monoisotopic (exact) mass is 337 g/mol. The molecule has 6 heteroatoms. The number of carbonyl (C=O) groups excluding carboxylic acids is 1. The van der Waals surface area contributed by atoms with Crippen LogP contribution in [0.3, 0.4) is 0 Å². The van der Waals surface area contributed by atoms with Crippen LogP contribution in [0.1, 0.15) is 40.3 Å². The van der Waals surface area contributed by atoms with Gasteiger partial charge < -0.3 is 9.30 Å². The van der Waals surface area contributed by atoms with Crippen LogP contribution in [0.5, 0.6) is 0 Å². The smallest absolute Gasteiger partial charge is 0.274 e. The van der Waals surface area contributed by atoms with Crippen molar-refractivity contribution in [1.29, 1.82) is 0 Å². The molecule has 1 fully saturated rings. The number of pyridine rings is 1. The average molecular weight is 337 g/mol. The molecule has 130 valence electrons. The quantitative estimate of drug-likeness (QED) is 0.738. The Hall–Kier alpha value is -2.63. The average Bonchev–Trinajstić information content (AvgIpc) is 3.26. The summed E-state index contributed by atoms with van der Waals surface area (Å²) in [6.45, 7) is 7.62. The molecule has 1 amide bonds. The predicted molar refractivity (Wildman–Crippen MR) is 95.7 cm³/mol. The summed E-state index contributed by atoms with van der Waals surface area (Å²) in [6.07, 6.45) is 5.82. The third-order valence-corrected chi connectivity index (χ3v) is 4.96. The fourth-order valence-electron chi connectivity index (χ4n) is 3.69. The van der Waals surface area contributed by atoms with E-state index in [-0.39, 0.29) is 11.9 Å². The molecule has 0 aromatic carbocycles. The van der Waals surface area contributed by atoms with Gasteiger partial charge in [-0.1, -0.05) is 0 Å². The van der Waals surface area contributed by atoms with E-state index in [4.69, 9.17) is 0 Å². The van der Waals surface area contributed by atoms with Gasteiger partial charge in [0.05, 0.1) is 18.3 Å². The van der Waals surface area contributed by atoms with Crippen molar-refractivity contribution in [2.75, 3.05) is 6.54 Å². The second-order valence-corrected chi connectivity index (χ2v) is 7.00. The normalized spacial score (nSPS) is 17.6. The number of carbonyl (C=O) groups is 1. The Kier molecular flexibility index (Phi) is 3.82. The van der Waals surface area contributed by atoms with E-state index in [1.807, 2.05) is 52.4 Å². The highest BCUT2D eigenvalue weighted by atomic mass is 16.2. The van der Waals surface area contributed by atoms with Crippen molar-refractivity contribution in [3.05, 3.63) is 53.2 Å². The first-order valence-corrected chi connectivity index (χ1v) is 8.78. The van der Waals surface area contributed by atoms with Gasteiger partial charge in [0.1, 0.15) is 11.3 Å². The molecule has 6 nitrogen and oxygen atoms in total. The summed E-state index contributed by atoms with van der Waals surface area (Å²) < 4.78 is 3.92. The van der Waals surface area contributed by atoms with Gasteiger partial charge in [0.15, 0.2) is 0 Å². The van der Waals surface area contributed by atoms with Crippen LogP contribution < -0.4 is 0 Å². The van der Waals surface area contributed by atoms with E-state index in [0.29, 0.717) is 5.69 Å². The van der Waals surface area contributed by atoms with Crippen molar-refractivity contribution in [3.63, 3.8) is 0 Å². The van der Waals surface area contributed by atoms with Crippen LogP contribution >= 0.6 is 0 Å². The van der Waals surface area contributed by atoms with E-state index in [1.165, 1.54) is 0 Å². The second kappa shape index (κ2) is 6.02. The lowest BCUT2D eigenvalue weighted by atomic mass is 10.2. The summed E-state index contributed by atoms with van der Waals surface area (Å²) in [5.74, 6) is 0.0189. The zero-order valence-corrected chi connectivity index (χ0v) is 14.9. The molecule has 0 unspecified atom stereocenters. The molecule has 1 aliphatic rings. The minimum atomic E-state index is 0.0189. The molecule has 1 saturated heterocycles. The first kappa shape index (κ1) is 15.9. The van der Waals surface area contributed by atoms with Crippen molar-refractivity contribution in [2.24, 2.45) is 0 Å². The van der Waals surface area contributed by atoms with E-state index in [2.05, 4.69) is 23.1 Å². The Morgan fingerprint density at radius 3 is 2.88 bits per heavy atom. The summed E-state index contributed by atoms with van der Waals surface area (Å²) in [6, 6.07) is 6.27. The molecule has 0 N–H and O–H groups in total. The molecule has 4 heterocycles. The van der Waals surface area contributed by atoms with Crippen molar-refractivity contribution < 1.29 is 4.79 Å². The van der Waals surface area contributed by atoms with E-state index in [0.717, 1.165) is 48.5 Å². The molecule has 0 radical (unpaired) electrons. The lowest BCUT2D eigenvalue weighted by Gasteiger charge is -2.24. The lowest BCUT2D eigenvalue weighted by molar-refractivity contribution is 0.0716. The van der Waals surface area contributed by atoms with Crippen LogP contribution in [-0.4, -0.2) is 42.6 Å². The van der Waals surface area contributed by atoms with Crippen molar-refractivity contribution in [2.45, 2.75) is 46.2 Å². The van der Waals surface area contributed by atoms with Crippen LogP contribution in [-0.2, 0) is 6.54 Å². The predicted octanol–water partition coefficient (Wildman–Crippen LogP) is 2.76. The maximum absolute atomic E-state index is 13.0. The van der Waals surface area contributed by atoms with Gasteiger partial charge in [0.25, 0.3) is 5.91 Å². The Morgan fingerprint density at radius 1 is 1.28 bits per heavy atom. The highest BCUT2D eigenvalue weighted by Crippen LogP contribution is 2.22. The zero-order valence-electron chi connectivity index (χ0n) is 14.9. The van der Waals surface area contributed by atoms with Gasteiger partial charge in [-0.15, -0.1) is 0 Å². The maximum atomic E-state index is 13.0. The largest absolute Gasteiger partial charge is 0.332 e. The number of hydrogen-bond acceptors (Lipinski definition) is 3. The molecule has 0 saturated carbocycles. The summed E-state index contributed by atoms with van der Waals surface area (Å²) in [5.41, 5.74) is 4.63. The maximum Gasteiger partial charge on any atom is 0.274 e. The van der Waals surface area contributed by atoms with Gasteiger partial charge in [-0.3, -0.25) is 9.48 Å². The summed E-state index contributed by atoms with van der Waals surface area (Å²) in [7, 11) is 0. The van der Waals surface area contributed by atoms with Gasteiger partial charge in [0, 0.05) is 24.6 Å². The van der Waals surface area contributed by atoms with Crippen molar-refractivity contribution >= 4 is 11.6 Å². The van der Waals surface area contributed by atoms with Gasteiger partial charge >= 0.3 is 0 Å². The highest BCUT2D eigenvalue weighted by molar-refractivity contribution is 5.93. The van der Waals surface area contributed by atoms with Crippen LogP contribution in [0, 0.1) is 20.8 Å². The minimum Gasteiger partial charge on any atom is -0.332 e. The van der Waals surface area contributed by atoms with E-state index in [9.17, 15) is 4.79 Å². The van der Waals surface area contributed by atoms with Gasteiger partial charge in [-0.2, -0.15) is 5.10 Å². The number of aromatic nitrogens is 4. The van der Waals surface area contributed by atoms with Gasteiger partial charge in [-0.25, -0.2) is 4.98 Å². The Morgan fingerprint density at radius 2 is 2.12 bits per heavy atom. The number of fused-ring (bicyclic) bond motifs is 1. The van der Waals surface area contributed by atoms with Crippen molar-refractivity contribution in [3.8, 4) is 0 Å². The number of imidazole rings is 1. The summed E-state index contributed by atoms with van der Waals surface area (Å²) in [4.78, 5) is 19.5. The highest BCUT2D eigenvalue weighted by Gasteiger charge is 2.31. The number of nitrogens with zero attached hydrogens (tertiary/aromatic N) is 5. The first-order chi connectivity index (χ1) is 12.0. The molecule has 3 aromatic heterocycles. The topological polar surface area (TPSA) is 55.4 Å². The zero-order chi connectivity index (χ0) is 17.6. The SMILES string of the molecule is Cc1ccn2cc(C(=O)N3CCC[C@@H]3Cn3nc(C)cc3C)nc2c1. The standard InChI is InChI=1S/C19H23N5O/c1-13-6-8-22-12-17(20-18(22)9-13)19(25)23-7-4-5-16(23)11-24-15(3)10-14(2)21-24/h6,8-10,12,16H,4-5,7,11H2,1-3H3/t16-/m1/s1. The summed E-state index contributed by atoms with van der Waals surface area (Å²) >= 11 is 0. The van der Waals surface area contributed by atoms with E-state index < -0.39 is 0 Å². The Balaban J connectivity index is 1.58. The van der Waals surface area contributed by atoms with E-state index >= 15 is 0 Å². The second-order valence-electron chi connectivity index (χ2n) is 7.00.